The number of H-pyrrole nitrogens is 2. The molecule has 68 heavy (non-hydrogen) atoms. The van der Waals surface area contributed by atoms with E-state index in [1.54, 1.807) is 0 Å². The topological polar surface area (TPSA) is 184 Å². The summed E-state index contributed by atoms with van der Waals surface area (Å²) in [6, 6.07) is 30.8. The van der Waals surface area contributed by atoms with Crippen LogP contribution < -0.4 is 10.6 Å². The lowest BCUT2D eigenvalue weighted by Crippen LogP contribution is -2.55. The van der Waals surface area contributed by atoms with Crippen molar-refractivity contribution in [1.82, 2.24) is 40.4 Å². The summed E-state index contributed by atoms with van der Waals surface area (Å²) in [5.74, 6) is 1.49. The van der Waals surface area contributed by atoms with Gasteiger partial charge in [-0.3, -0.25) is 9.59 Å². The van der Waals surface area contributed by atoms with Crippen LogP contribution in [0.1, 0.15) is 80.3 Å². The Labute approximate surface area is 392 Å². The van der Waals surface area contributed by atoms with Crippen LogP contribution in [0.4, 0.5) is 9.59 Å². The van der Waals surface area contributed by atoms with Gasteiger partial charge in [0, 0.05) is 36.8 Å². The summed E-state index contributed by atoms with van der Waals surface area (Å²) in [6.07, 6.45) is 6.46. The number of carbonyl (C=O) groups is 4. The zero-order chi connectivity index (χ0) is 46.5. The first kappa shape index (κ1) is 43.3. The zero-order valence-electron chi connectivity index (χ0n) is 38.1. The number of piperidine rings is 1. The average molecular weight is 915 g/mol. The Morgan fingerprint density at radius 3 is 2.22 bits per heavy atom. The fourth-order valence-electron chi connectivity index (χ4n) is 11.4. The first-order valence-corrected chi connectivity index (χ1v) is 23.7. The molecular formula is C53H54N8O7. The van der Waals surface area contributed by atoms with Gasteiger partial charge in [-0.2, -0.15) is 0 Å². The molecule has 0 spiro atoms. The largest absolute Gasteiger partial charge is 0.453 e. The number of ether oxygens (including phenoxy) is 3. The highest BCUT2D eigenvalue weighted by molar-refractivity contribution is 6.06. The van der Waals surface area contributed by atoms with Crippen molar-refractivity contribution < 1.29 is 33.4 Å². The van der Waals surface area contributed by atoms with Gasteiger partial charge in [0.1, 0.15) is 23.7 Å². The van der Waals surface area contributed by atoms with E-state index in [0.717, 1.165) is 98.7 Å². The average Bonchev–Trinajstić information content (AvgIpc) is 4.26. The van der Waals surface area contributed by atoms with Crippen LogP contribution in [-0.2, 0) is 23.8 Å². The summed E-state index contributed by atoms with van der Waals surface area (Å²) in [5, 5.41) is 9.93. The van der Waals surface area contributed by atoms with E-state index >= 15 is 0 Å². The number of aromatic amines is 2. The van der Waals surface area contributed by atoms with E-state index in [1.165, 1.54) is 14.2 Å². The number of nitrogens with zero attached hydrogens (tertiary/aromatic N) is 4. The first-order chi connectivity index (χ1) is 33.2. The molecule has 4 aliphatic rings. The third kappa shape index (κ3) is 7.97. The van der Waals surface area contributed by atoms with Gasteiger partial charge in [0.05, 0.1) is 49.2 Å². The Morgan fingerprint density at radius 1 is 0.735 bits per heavy atom. The molecule has 3 aliphatic heterocycles. The van der Waals surface area contributed by atoms with Crippen molar-refractivity contribution >= 4 is 56.6 Å². The van der Waals surface area contributed by atoms with Gasteiger partial charge in [-0.25, -0.2) is 19.6 Å². The van der Waals surface area contributed by atoms with Crippen LogP contribution in [0.15, 0.2) is 103 Å². The monoisotopic (exact) mass is 914 g/mol. The molecule has 6 atom stereocenters. The summed E-state index contributed by atoms with van der Waals surface area (Å²) in [6.45, 7) is 1.68. The number of amides is 4. The second kappa shape index (κ2) is 18.1. The summed E-state index contributed by atoms with van der Waals surface area (Å²) >= 11 is 0. The van der Waals surface area contributed by atoms with Crippen LogP contribution in [-0.4, -0.2) is 99.8 Å². The SMILES string of the molecule is COC(=O)N[C@H](C(=O)N1[C@@H]2CC[C@@H](C2)[C@H]1c1ncc(-c2ccc3cc(-c4ccc5c(ccc6nc(C7CCCN7C(=O)[C@H](NC(=O)OC)c7ccccc7)[nH]c65)c4)ccc3c2)[nH]1)C1CCOCC1. The molecule has 11 rings (SSSR count). The second-order valence-electron chi connectivity index (χ2n) is 18.6. The Bertz CT molecular complexity index is 3050. The minimum Gasteiger partial charge on any atom is -0.453 e. The fourth-order valence-corrected chi connectivity index (χ4v) is 11.4. The second-order valence-corrected chi connectivity index (χ2v) is 18.6. The van der Waals surface area contributed by atoms with E-state index in [-0.39, 0.29) is 35.9 Å². The minimum atomic E-state index is -0.889. The van der Waals surface area contributed by atoms with Crippen LogP contribution in [0, 0.1) is 11.8 Å². The first-order valence-electron chi connectivity index (χ1n) is 23.7. The predicted molar refractivity (Wildman–Crippen MR) is 256 cm³/mol. The molecule has 2 aromatic heterocycles. The number of carbonyl (C=O) groups excluding carboxylic acids is 4. The third-order valence-corrected chi connectivity index (χ3v) is 14.8. The Kier molecular flexibility index (Phi) is 11.5. The van der Waals surface area contributed by atoms with Gasteiger partial charge in [-0.15, -0.1) is 0 Å². The lowest BCUT2D eigenvalue weighted by molar-refractivity contribution is -0.140. The number of fused-ring (bicyclic) bond motifs is 6. The third-order valence-electron chi connectivity index (χ3n) is 14.8. The van der Waals surface area contributed by atoms with Crippen molar-refractivity contribution in [1.29, 1.82) is 0 Å². The smallest absolute Gasteiger partial charge is 0.407 e. The molecular weight excluding hydrogens is 861 g/mol. The van der Waals surface area contributed by atoms with Crippen molar-refractivity contribution in [2.45, 2.75) is 75.2 Å². The molecule has 2 bridgehead atoms. The molecule has 3 saturated heterocycles. The van der Waals surface area contributed by atoms with Crippen molar-refractivity contribution in [3.8, 4) is 22.4 Å². The number of alkyl carbamates (subject to hydrolysis) is 2. The standard InChI is InChI=1S/C53H54N8O7/c1-66-52(64)58-44(30-7-4-3-5-8-30)50(62)60-22-6-9-43(60)48-55-41-19-16-36-26-35(15-18-40(36)46(41)57-48)32-10-11-34-27-37(13-12-33(34)25-32)42-29-54-49(56-42)47-38-14-17-39(28-38)61(47)51(63)45(59-53(65)67-2)31-20-23-68-24-21-31/h3-5,7-8,10-13,15-16,18-19,25-27,29,31,38-39,43-45,47H,6,9,14,17,20-24,28H2,1-2H3,(H,54,56)(H,55,57)(H,58,64)(H,59,65)/t38-,39+,43?,44+,45-,47-/m0/s1. The van der Waals surface area contributed by atoms with Crippen molar-refractivity contribution in [2.75, 3.05) is 34.0 Å². The van der Waals surface area contributed by atoms with Gasteiger partial charge >= 0.3 is 12.2 Å². The van der Waals surface area contributed by atoms with Crippen molar-refractivity contribution in [3.63, 3.8) is 0 Å². The van der Waals surface area contributed by atoms with Crippen LogP contribution in [0.25, 0.3) is 55.0 Å². The van der Waals surface area contributed by atoms with Gasteiger partial charge in [-0.05, 0) is 114 Å². The quantitative estimate of drug-likeness (QED) is 0.104. The molecule has 5 aromatic carbocycles. The summed E-state index contributed by atoms with van der Waals surface area (Å²) in [4.78, 5) is 74.3. The van der Waals surface area contributed by atoms with E-state index in [0.29, 0.717) is 44.1 Å². The van der Waals surface area contributed by atoms with E-state index in [4.69, 9.17) is 24.2 Å². The minimum absolute atomic E-state index is 0.0291. The molecule has 1 unspecified atom stereocenters. The molecule has 348 valence electrons. The van der Waals surface area contributed by atoms with Gasteiger partial charge in [-0.1, -0.05) is 72.8 Å². The number of likely N-dealkylation sites (tertiary alicyclic amines) is 2. The van der Waals surface area contributed by atoms with Gasteiger partial charge in [0.25, 0.3) is 5.91 Å². The highest BCUT2D eigenvalue weighted by atomic mass is 16.5. The van der Waals surface area contributed by atoms with Gasteiger partial charge in [0.15, 0.2) is 0 Å². The number of hydrogen-bond acceptors (Lipinski definition) is 9. The lowest BCUT2D eigenvalue weighted by Gasteiger charge is -2.39. The van der Waals surface area contributed by atoms with Gasteiger partial charge in [0.2, 0.25) is 5.91 Å². The summed E-state index contributed by atoms with van der Waals surface area (Å²) < 4.78 is 15.4. The number of hydrogen-bond donors (Lipinski definition) is 4. The molecule has 5 heterocycles. The van der Waals surface area contributed by atoms with Gasteiger partial charge < -0.3 is 44.6 Å². The number of benzene rings is 5. The summed E-state index contributed by atoms with van der Waals surface area (Å²) in [7, 11) is 2.62. The molecule has 0 radical (unpaired) electrons. The number of aromatic nitrogens is 4. The molecule has 15 nitrogen and oxygen atoms in total. The van der Waals surface area contributed by atoms with Crippen LogP contribution in [0.5, 0.6) is 0 Å². The maximum Gasteiger partial charge on any atom is 0.407 e. The predicted octanol–water partition coefficient (Wildman–Crippen LogP) is 8.89. The number of rotatable bonds is 10. The summed E-state index contributed by atoms with van der Waals surface area (Å²) in [5.41, 5.74) is 6.49. The zero-order valence-corrected chi connectivity index (χ0v) is 38.1. The Morgan fingerprint density at radius 2 is 1.44 bits per heavy atom. The number of methoxy groups -OCH3 is 2. The maximum atomic E-state index is 14.4. The molecule has 4 N–H and O–H groups in total. The van der Waals surface area contributed by atoms with E-state index in [1.807, 2.05) is 52.4 Å². The molecule has 15 heteroatoms. The highest BCUT2D eigenvalue weighted by Gasteiger charge is 2.52. The Balaban J connectivity index is 0.818. The lowest BCUT2D eigenvalue weighted by atomic mass is 9.89. The van der Waals surface area contributed by atoms with E-state index < -0.39 is 24.3 Å². The van der Waals surface area contributed by atoms with Crippen LogP contribution in [0.3, 0.4) is 0 Å². The molecule has 4 fully saturated rings. The highest BCUT2D eigenvalue weighted by Crippen LogP contribution is 2.50. The normalized spacial score (nSPS) is 21.3. The molecule has 1 aliphatic carbocycles. The van der Waals surface area contributed by atoms with Crippen LogP contribution in [0.2, 0.25) is 0 Å². The molecule has 7 aromatic rings. The fraction of sp³-hybridized carbons (Fsp3) is 0.358. The molecule has 1 saturated carbocycles. The van der Waals surface area contributed by atoms with Crippen LogP contribution >= 0.6 is 0 Å². The molecule has 4 amide bonds. The van der Waals surface area contributed by atoms with E-state index in [9.17, 15) is 19.2 Å². The number of nitrogens with one attached hydrogen (secondary N) is 4. The van der Waals surface area contributed by atoms with Crippen molar-refractivity contribution in [3.05, 3.63) is 120 Å². The van der Waals surface area contributed by atoms with E-state index in [2.05, 4.69) is 81.3 Å². The number of imidazole rings is 2. The Hall–Kier alpha value is -7.26. The van der Waals surface area contributed by atoms with Crippen molar-refractivity contribution in [2.24, 2.45) is 11.8 Å². The maximum absolute atomic E-state index is 14.4.